The summed E-state index contributed by atoms with van der Waals surface area (Å²) in [6.45, 7) is 2.26. The van der Waals surface area contributed by atoms with Crippen LogP contribution in [0.1, 0.15) is 38.3 Å². The first-order valence-corrected chi connectivity index (χ1v) is 7.79. The predicted octanol–water partition coefficient (Wildman–Crippen LogP) is 3.96. The van der Waals surface area contributed by atoms with Crippen molar-refractivity contribution in [3.05, 3.63) is 42.1 Å². The van der Waals surface area contributed by atoms with Gasteiger partial charge < -0.3 is 5.11 Å². The predicted molar refractivity (Wildman–Crippen MR) is 82.6 cm³/mol. The molecule has 3 rings (SSSR count). The number of aromatic nitrogens is 1. The molecule has 1 fully saturated rings. The first kappa shape index (κ1) is 13.6. The monoisotopic (exact) mass is 269 g/mol. The zero-order valence-corrected chi connectivity index (χ0v) is 12.1. The summed E-state index contributed by atoms with van der Waals surface area (Å²) in [7, 11) is 0. The summed E-state index contributed by atoms with van der Waals surface area (Å²) in [5.41, 5.74) is 2.17. The van der Waals surface area contributed by atoms with Crippen LogP contribution in [-0.4, -0.2) is 16.2 Å². The lowest BCUT2D eigenvalue weighted by atomic mass is 9.76. The zero-order valence-electron chi connectivity index (χ0n) is 12.1. The summed E-state index contributed by atoms with van der Waals surface area (Å²) in [5, 5.41) is 11.4. The second-order valence-corrected chi connectivity index (χ2v) is 6.11. The second-order valence-electron chi connectivity index (χ2n) is 6.11. The highest BCUT2D eigenvalue weighted by atomic mass is 16.3. The average Bonchev–Trinajstić information content (AvgIpc) is 2.49. The number of para-hydroxylation sites is 1. The Morgan fingerprint density at radius 1 is 1.15 bits per heavy atom. The van der Waals surface area contributed by atoms with Crippen LogP contribution in [0.3, 0.4) is 0 Å². The van der Waals surface area contributed by atoms with Crippen molar-refractivity contribution in [1.29, 1.82) is 0 Å². The molecular formula is C18H23NO. The van der Waals surface area contributed by atoms with Gasteiger partial charge in [0.1, 0.15) is 0 Å². The Bertz CT molecular complexity index is 580. The standard InChI is InChI=1S/C18H23NO/c1-2-13-7-10-18(20)15(11-13)12-16-9-8-14-5-3-4-6-17(14)19-16/h3-6,8-9,13,15,18,20H,2,7,10-12H2,1H3. The van der Waals surface area contributed by atoms with Crippen LogP contribution >= 0.6 is 0 Å². The molecule has 0 aliphatic heterocycles. The molecule has 3 atom stereocenters. The maximum Gasteiger partial charge on any atom is 0.0705 e. The number of hydrogen-bond acceptors (Lipinski definition) is 2. The largest absolute Gasteiger partial charge is 0.393 e. The maximum atomic E-state index is 10.2. The first-order chi connectivity index (χ1) is 9.76. The van der Waals surface area contributed by atoms with Gasteiger partial charge in [-0.25, -0.2) is 0 Å². The van der Waals surface area contributed by atoms with Crippen LogP contribution < -0.4 is 0 Å². The van der Waals surface area contributed by atoms with Crippen molar-refractivity contribution in [2.45, 2.75) is 45.1 Å². The lowest BCUT2D eigenvalue weighted by Gasteiger charge is -2.32. The van der Waals surface area contributed by atoms with Gasteiger partial charge in [-0.05, 0) is 49.7 Å². The summed E-state index contributed by atoms with van der Waals surface area (Å²) < 4.78 is 0. The molecule has 1 heterocycles. The van der Waals surface area contributed by atoms with E-state index in [1.165, 1.54) is 18.2 Å². The van der Waals surface area contributed by atoms with Crippen molar-refractivity contribution in [3.63, 3.8) is 0 Å². The van der Waals surface area contributed by atoms with Crippen LogP contribution in [0.25, 0.3) is 10.9 Å². The highest BCUT2D eigenvalue weighted by Gasteiger charge is 2.28. The number of aliphatic hydroxyl groups excluding tert-OH is 1. The van der Waals surface area contributed by atoms with Gasteiger partial charge in [0.15, 0.2) is 0 Å². The van der Waals surface area contributed by atoms with E-state index >= 15 is 0 Å². The van der Waals surface area contributed by atoms with Crippen molar-refractivity contribution in [2.75, 3.05) is 0 Å². The van der Waals surface area contributed by atoms with E-state index in [0.717, 1.165) is 36.4 Å². The van der Waals surface area contributed by atoms with E-state index in [1.807, 2.05) is 12.1 Å². The van der Waals surface area contributed by atoms with E-state index in [9.17, 15) is 5.11 Å². The van der Waals surface area contributed by atoms with Gasteiger partial charge in [-0.3, -0.25) is 4.98 Å². The molecule has 1 saturated carbocycles. The third-order valence-electron chi connectivity index (χ3n) is 4.76. The summed E-state index contributed by atoms with van der Waals surface area (Å²) in [5.74, 6) is 1.16. The van der Waals surface area contributed by atoms with Gasteiger partial charge in [-0.2, -0.15) is 0 Å². The van der Waals surface area contributed by atoms with Gasteiger partial charge in [0.25, 0.3) is 0 Å². The molecule has 106 valence electrons. The molecule has 0 amide bonds. The topological polar surface area (TPSA) is 33.1 Å². The molecular weight excluding hydrogens is 246 g/mol. The van der Waals surface area contributed by atoms with Crippen LogP contribution in [0.4, 0.5) is 0 Å². The van der Waals surface area contributed by atoms with Gasteiger partial charge in [-0.15, -0.1) is 0 Å². The molecule has 0 bridgehead atoms. The Hall–Kier alpha value is -1.41. The molecule has 2 nitrogen and oxygen atoms in total. The zero-order chi connectivity index (χ0) is 13.9. The van der Waals surface area contributed by atoms with E-state index in [2.05, 4.69) is 31.2 Å². The maximum absolute atomic E-state index is 10.2. The number of rotatable bonds is 3. The fraction of sp³-hybridized carbons (Fsp3) is 0.500. The Kier molecular flexibility index (Phi) is 4.02. The average molecular weight is 269 g/mol. The van der Waals surface area contributed by atoms with Gasteiger partial charge in [0, 0.05) is 11.1 Å². The number of hydrogen-bond donors (Lipinski definition) is 1. The second kappa shape index (κ2) is 5.92. The molecule has 0 radical (unpaired) electrons. The molecule has 1 aromatic heterocycles. The van der Waals surface area contributed by atoms with E-state index in [-0.39, 0.29) is 6.10 Å². The van der Waals surface area contributed by atoms with Crippen LogP contribution in [-0.2, 0) is 6.42 Å². The minimum atomic E-state index is -0.147. The van der Waals surface area contributed by atoms with E-state index in [4.69, 9.17) is 4.98 Å². The van der Waals surface area contributed by atoms with Crippen LogP contribution in [0, 0.1) is 11.8 Å². The lowest BCUT2D eigenvalue weighted by Crippen LogP contribution is -2.30. The quantitative estimate of drug-likeness (QED) is 0.914. The smallest absolute Gasteiger partial charge is 0.0705 e. The van der Waals surface area contributed by atoms with Gasteiger partial charge in [-0.1, -0.05) is 37.6 Å². The summed E-state index contributed by atoms with van der Waals surface area (Å²) in [4.78, 5) is 4.74. The fourth-order valence-corrected chi connectivity index (χ4v) is 3.43. The van der Waals surface area contributed by atoms with Crippen LogP contribution in [0.2, 0.25) is 0 Å². The van der Waals surface area contributed by atoms with Crippen molar-refractivity contribution >= 4 is 10.9 Å². The SMILES string of the molecule is CCC1CCC(O)C(Cc2ccc3ccccc3n2)C1. The minimum Gasteiger partial charge on any atom is -0.393 e. The molecule has 3 unspecified atom stereocenters. The summed E-state index contributed by atoms with van der Waals surface area (Å²) in [6.07, 6.45) is 5.27. The Labute approximate surface area is 120 Å². The van der Waals surface area contributed by atoms with E-state index in [0.29, 0.717) is 5.92 Å². The lowest BCUT2D eigenvalue weighted by molar-refractivity contribution is 0.0470. The van der Waals surface area contributed by atoms with Crippen molar-refractivity contribution < 1.29 is 5.11 Å². The minimum absolute atomic E-state index is 0.147. The Morgan fingerprint density at radius 3 is 2.85 bits per heavy atom. The van der Waals surface area contributed by atoms with Gasteiger partial charge >= 0.3 is 0 Å². The molecule has 2 aromatic rings. The van der Waals surface area contributed by atoms with Crippen LogP contribution in [0.5, 0.6) is 0 Å². The molecule has 1 aliphatic rings. The summed E-state index contributed by atoms with van der Waals surface area (Å²) in [6, 6.07) is 12.5. The number of fused-ring (bicyclic) bond motifs is 1. The Morgan fingerprint density at radius 2 is 2.00 bits per heavy atom. The van der Waals surface area contributed by atoms with Gasteiger partial charge in [0.05, 0.1) is 11.6 Å². The molecule has 1 N–H and O–H groups in total. The first-order valence-electron chi connectivity index (χ1n) is 7.79. The highest BCUT2D eigenvalue weighted by Crippen LogP contribution is 2.33. The van der Waals surface area contributed by atoms with E-state index < -0.39 is 0 Å². The van der Waals surface area contributed by atoms with Crippen LogP contribution in [0.15, 0.2) is 36.4 Å². The fourth-order valence-electron chi connectivity index (χ4n) is 3.43. The van der Waals surface area contributed by atoms with E-state index in [1.54, 1.807) is 0 Å². The van der Waals surface area contributed by atoms with Crippen molar-refractivity contribution in [1.82, 2.24) is 4.98 Å². The number of pyridine rings is 1. The van der Waals surface area contributed by atoms with Gasteiger partial charge in [0.2, 0.25) is 0 Å². The van der Waals surface area contributed by atoms with Crippen molar-refractivity contribution in [2.24, 2.45) is 11.8 Å². The van der Waals surface area contributed by atoms with Crippen molar-refractivity contribution in [3.8, 4) is 0 Å². The third-order valence-corrected chi connectivity index (χ3v) is 4.76. The summed E-state index contributed by atoms with van der Waals surface area (Å²) >= 11 is 0. The molecule has 20 heavy (non-hydrogen) atoms. The molecule has 1 aromatic carbocycles. The molecule has 0 saturated heterocycles. The highest BCUT2D eigenvalue weighted by molar-refractivity contribution is 5.78. The normalized spacial score (nSPS) is 26.8. The number of aliphatic hydroxyl groups is 1. The number of nitrogens with zero attached hydrogens (tertiary/aromatic N) is 1. The number of benzene rings is 1. The molecule has 2 heteroatoms. The molecule has 1 aliphatic carbocycles. The Balaban J connectivity index is 1.77. The molecule has 0 spiro atoms. The third kappa shape index (κ3) is 2.85.